The van der Waals surface area contributed by atoms with Gasteiger partial charge in [-0.05, 0) is 13.3 Å². The number of nitrogens with two attached hydrogens (primary N) is 1. The molecule has 0 atom stereocenters. The Bertz CT molecular complexity index is 451. The number of nitrogens with zero attached hydrogens (tertiary/aromatic N) is 2. The number of hydrogen-bond acceptors (Lipinski definition) is 4. The molecule has 0 bridgehead atoms. The highest BCUT2D eigenvalue weighted by molar-refractivity contribution is 5.54. The normalized spacial score (nSPS) is 10.3. The first kappa shape index (κ1) is 11.2. The quantitative estimate of drug-likeness (QED) is 0.597. The van der Waals surface area contributed by atoms with Gasteiger partial charge in [-0.25, -0.2) is 0 Å². The van der Waals surface area contributed by atoms with Crippen LogP contribution in [0.15, 0.2) is 11.0 Å². The highest BCUT2D eigenvalue weighted by atomic mass is 16.6. The van der Waals surface area contributed by atoms with Gasteiger partial charge in [-0.15, -0.1) is 0 Å². The van der Waals surface area contributed by atoms with Crippen molar-refractivity contribution < 1.29 is 4.92 Å². The Labute approximate surface area is 86.5 Å². The Morgan fingerprint density at radius 1 is 1.60 bits per heavy atom. The molecule has 0 saturated heterocycles. The molecule has 0 amide bonds. The van der Waals surface area contributed by atoms with Crippen LogP contribution in [0, 0.1) is 17.0 Å². The second-order valence-corrected chi connectivity index (χ2v) is 3.31. The van der Waals surface area contributed by atoms with E-state index in [9.17, 15) is 14.9 Å². The molecule has 0 unspecified atom stereocenters. The van der Waals surface area contributed by atoms with Crippen molar-refractivity contribution in [2.45, 2.75) is 26.8 Å². The molecular weight excluding hydrogens is 198 g/mol. The van der Waals surface area contributed by atoms with E-state index < -0.39 is 4.92 Å². The Hall–Kier alpha value is -1.85. The number of aryl methyl sites for hydroxylation is 1. The summed E-state index contributed by atoms with van der Waals surface area (Å²) in [6, 6.07) is 0. The summed E-state index contributed by atoms with van der Waals surface area (Å²) in [4.78, 5) is 21.7. The Morgan fingerprint density at radius 2 is 2.20 bits per heavy atom. The molecular formula is C9H13N3O3. The number of aromatic nitrogens is 1. The largest absolute Gasteiger partial charge is 0.394 e. The van der Waals surface area contributed by atoms with Gasteiger partial charge in [-0.2, -0.15) is 0 Å². The van der Waals surface area contributed by atoms with Gasteiger partial charge in [-0.3, -0.25) is 14.9 Å². The summed E-state index contributed by atoms with van der Waals surface area (Å²) >= 11 is 0. The second-order valence-electron chi connectivity index (χ2n) is 3.31. The van der Waals surface area contributed by atoms with E-state index in [0.717, 1.165) is 6.42 Å². The Balaban J connectivity index is 3.45. The highest BCUT2D eigenvalue weighted by Crippen LogP contribution is 2.19. The van der Waals surface area contributed by atoms with Crippen molar-refractivity contribution in [2.24, 2.45) is 0 Å². The van der Waals surface area contributed by atoms with E-state index in [0.29, 0.717) is 6.54 Å². The van der Waals surface area contributed by atoms with Gasteiger partial charge in [-0.1, -0.05) is 6.92 Å². The van der Waals surface area contributed by atoms with E-state index >= 15 is 0 Å². The number of pyridine rings is 1. The van der Waals surface area contributed by atoms with Gasteiger partial charge in [0.15, 0.2) is 0 Å². The van der Waals surface area contributed by atoms with Crippen LogP contribution in [0.2, 0.25) is 0 Å². The lowest BCUT2D eigenvalue weighted by Gasteiger charge is -2.07. The summed E-state index contributed by atoms with van der Waals surface area (Å²) < 4.78 is 1.28. The monoisotopic (exact) mass is 211 g/mol. The van der Waals surface area contributed by atoms with Gasteiger partial charge in [0.05, 0.1) is 16.7 Å². The van der Waals surface area contributed by atoms with Gasteiger partial charge in [0, 0.05) is 6.54 Å². The van der Waals surface area contributed by atoms with E-state index in [4.69, 9.17) is 5.73 Å². The molecule has 0 aliphatic rings. The number of anilines is 1. The maximum absolute atomic E-state index is 11.6. The molecule has 0 aromatic carbocycles. The lowest BCUT2D eigenvalue weighted by molar-refractivity contribution is -0.385. The van der Waals surface area contributed by atoms with Gasteiger partial charge >= 0.3 is 0 Å². The van der Waals surface area contributed by atoms with E-state index in [1.54, 1.807) is 0 Å². The fourth-order valence-electron chi connectivity index (χ4n) is 1.35. The molecule has 1 aromatic heterocycles. The highest BCUT2D eigenvalue weighted by Gasteiger charge is 2.17. The average Bonchev–Trinajstić information content (AvgIpc) is 2.18. The van der Waals surface area contributed by atoms with Gasteiger partial charge < -0.3 is 10.3 Å². The predicted octanol–water partition coefficient (Wildman–Crippen LogP) is 1.06. The molecule has 6 nitrogen and oxygen atoms in total. The van der Waals surface area contributed by atoms with Crippen molar-refractivity contribution in [3.05, 3.63) is 32.2 Å². The van der Waals surface area contributed by atoms with Crippen LogP contribution in [0.3, 0.4) is 0 Å². The van der Waals surface area contributed by atoms with Crippen LogP contribution in [0.5, 0.6) is 0 Å². The molecule has 2 N–H and O–H groups in total. The number of nitrogen functional groups attached to an aromatic ring is 1. The first-order valence-corrected chi connectivity index (χ1v) is 4.63. The third-order valence-electron chi connectivity index (χ3n) is 2.22. The van der Waals surface area contributed by atoms with Crippen LogP contribution in [0.1, 0.15) is 18.9 Å². The Kier molecular flexibility index (Phi) is 3.08. The summed E-state index contributed by atoms with van der Waals surface area (Å²) in [6.07, 6.45) is 1.97. The average molecular weight is 211 g/mol. The molecule has 0 aliphatic heterocycles. The molecule has 15 heavy (non-hydrogen) atoms. The van der Waals surface area contributed by atoms with Crippen molar-refractivity contribution in [1.82, 2.24) is 4.57 Å². The minimum Gasteiger partial charge on any atom is -0.394 e. The molecule has 1 aromatic rings. The molecule has 0 spiro atoms. The SMILES string of the molecule is CCCn1cc([N+](=O)[O-])c(C)c(N)c1=O. The van der Waals surface area contributed by atoms with Crippen LogP contribution in [-0.4, -0.2) is 9.49 Å². The van der Waals surface area contributed by atoms with Crippen molar-refractivity contribution in [3.63, 3.8) is 0 Å². The summed E-state index contributed by atoms with van der Waals surface area (Å²) in [5.41, 5.74) is 5.23. The minimum absolute atomic E-state index is 0.0438. The predicted molar refractivity (Wildman–Crippen MR) is 56.8 cm³/mol. The van der Waals surface area contributed by atoms with Crippen molar-refractivity contribution in [3.8, 4) is 0 Å². The van der Waals surface area contributed by atoms with Crippen molar-refractivity contribution in [2.75, 3.05) is 5.73 Å². The second kappa shape index (κ2) is 4.12. The zero-order valence-corrected chi connectivity index (χ0v) is 8.69. The van der Waals surface area contributed by atoms with Crippen LogP contribution < -0.4 is 11.3 Å². The standard InChI is InChI=1S/C9H13N3O3/c1-3-4-11-5-7(12(14)15)6(2)8(10)9(11)13/h5H,3-4,10H2,1-2H3. The molecule has 1 rings (SSSR count). The zero-order chi connectivity index (χ0) is 11.6. The zero-order valence-electron chi connectivity index (χ0n) is 8.69. The molecule has 1 heterocycles. The lowest BCUT2D eigenvalue weighted by Crippen LogP contribution is -2.24. The van der Waals surface area contributed by atoms with E-state index in [-0.39, 0.29) is 22.5 Å². The summed E-state index contributed by atoms with van der Waals surface area (Å²) in [5.74, 6) is 0. The topological polar surface area (TPSA) is 91.2 Å². The number of nitro groups is 1. The van der Waals surface area contributed by atoms with E-state index in [1.807, 2.05) is 6.92 Å². The first-order chi connectivity index (χ1) is 6.99. The van der Waals surface area contributed by atoms with E-state index in [1.165, 1.54) is 17.7 Å². The fraction of sp³-hybridized carbons (Fsp3) is 0.444. The van der Waals surface area contributed by atoms with Gasteiger partial charge in [0.25, 0.3) is 11.2 Å². The maximum Gasteiger partial charge on any atom is 0.290 e. The smallest absolute Gasteiger partial charge is 0.290 e. The van der Waals surface area contributed by atoms with Crippen molar-refractivity contribution >= 4 is 11.4 Å². The van der Waals surface area contributed by atoms with Gasteiger partial charge in [0.2, 0.25) is 0 Å². The summed E-state index contributed by atoms with van der Waals surface area (Å²) in [6.45, 7) is 3.80. The molecule has 0 saturated carbocycles. The first-order valence-electron chi connectivity index (χ1n) is 4.63. The molecule has 0 radical (unpaired) electrons. The third-order valence-corrected chi connectivity index (χ3v) is 2.22. The van der Waals surface area contributed by atoms with Crippen LogP contribution >= 0.6 is 0 Å². The van der Waals surface area contributed by atoms with Crippen LogP contribution in [-0.2, 0) is 6.54 Å². The van der Waals surface area contributed by atoms with Gasteiger partial charge in [0.1, 0.15) is 5.69 Å². The van der Waals surface area contributed by atoms with Crippen LogP contribution in [0.25, 0.3) is 0 Å². The van der Waals surface area contributed by atoms with Crippen molar-refractivity contribution in [1.29, 1.82) is 0 Å². The number of hydrogen-bond donors (Lipinski definition) is 1. The summed E-state index contributed by atoms with van der Waals surface area (Å²) in [5, 5.41) is 10.7. The summed E-state index contributed by atoms with van der Waals surface area (Å²) in [7, 11) is 0. The molecule has 0 fully saturated rings. The Morgan fingerprint density at radius 3 is 2.67 bits per heavy atom. The van der Waals surface area contributed by atoms with E-state index in [2.05, 4.69) is 0 Å². The maximum atomic E-state index is 11.6. The third kappa shape index (κ3) is 1.98. The molecule has 6 heteroatoms. The lowest BCUT2D eigenvalue weighted by atomic mass is 10.2. The fourth-order valence-corrected chi connectivity index (χ4v) is 1.35. The molecule has 0 aliphatic carbocycles. The number of rotatable bonds is 3. The van der Waals surface area contributed by atoms with Crippen LogP contribution in [0.4, 0.5) is 11.4 Å². The minimum atomic E-state index is -0.530. The molecule has 82 valence electrons.